The SMILES string of the molecule is CCC[C@H](C[C@@H](O)[C@H]1O[C@]1(C)[C@H]1CCC[C@@H]1c1cccc(N)c1)C1=C2CC[C@@H]3[C@]4(C)C[C@@H](c5cccc(O)c5)C(=O)C(C)(C)[C@@H]4[C@@H](NC[C@H](C)O)C[C@]3(C)[C@@]2(C)CC1=O. The number of aromatic hydroxyl groups is 1. The number of fused-ring (bicyclic) bond motifs is 5. The molecule has 8 nitrogen and oxygen atoms in total. The van der Waals surface area contributed by atoms with Gasteiger partial charge in [-0.3, -0.25) is 9.59 Å². The summed E-state index contributed by atoms with van der Waals surface area (Å²) in [6.07, 6.45) is 7.83. The average Bonchev–Trinajstić information content (AvgIpc) is 3.47. The van der Waals surface area contributed by atoms with E-state index < -0.39 is 23.2 Å². The molecule has 5 aliphatic carbocycles. The number of anilines is 1. The molecule has 5 fully saturated rings. The lowest BCUT2D eigenvalue weighted by atomic mass is 9.34. The Morgan fingerprint density at radius 3 is 2.37 bits per heavy atom. The highest BCUT2D eigenvalue weighted by molar-refractivity contribution is 6.00. The number of allylic oxidation sites excluding steroid dienone is 2. The van der Waals surface area contributed by atoms with E-state index in [1.807, 2.05) is 31.2 Å². The van der Waals surface area contributed by atoms with Crippen molar-refractivity contribution >= 4 is 17.3 Å². The number of hydrogen-bond donors (Lipinski definition) is 5. The molecule has 1 aliphatic heterocycles. The lowest BCUT2D eigenvalue weighted by Crippen LogP contribution is -2.69. The zero-order valence-electron chi connectivity index (χ0n) is 37.0. The minimum atomic E-state index is -0.668. The normalized spacial score (nSPS) is 40.3. The first kappa shape index (κ1) is 42.6. The smallest absolute Gasteiger partial charge is 0.160 e. The van der Waals surface area contributed by atoms with Crippen molar-refractivity contribution in [2.24, 2.45) is 45.3 Å². The largest absolute Gasteiger partial charge is 0.508 e. The number of rotatable bonds is 12. The number of phenols is 1. The maximum Gasteiger partial charge on any atom is 0.160 e. The van der Waals surface area contributed by atoms with Crippen molar-refractivity contribution in [2.75, 3.05) is 12.3 Å². The molecule has 14 atom stereocenters. The van der Waals surface area contributed by atoms with Crippen LogP contribution >= 0.6 is 0 Å². The number of ether oxygens (including phenoxy) is 1. The summed E-state index contributed by atoms with van der Waals surface area (Å²) in [6, 6.07) is 15.5. The monoisotopic (exact) mass is 809 g/mol. The van der Waals surface area contributed by atoms with Crippen LogP contribution in [0.5, 0.6) is 5.75 Å². The van der Waals surface area contributed by atoms with Gasteiger partial charge < -0.3 is 31.1 Å². The summed E-state index contributed by atoms with van der Waals surface area (Å²) in [5.74, 6) is 1.16. The molecule has 2 aromatic carbocycles. The zero-order valence-corrected chi connectivity index (χ0v) is 37.0. The summed E-state index contributed by atoms with van der Waals surface area (Å²) in [4.78, 5) is 29.4. The number of nitrogens with one attached hydrogen (secondary N) is 1. The van der Waals surface area contributed by atoms with Crippen LogP contribution in [-0.4, -0.2) is 63.4 Å². The molecule has 6 aliphatic rings. The van der Waals surface area contributed by atoms with Crippen molar-refractivity contribution in [3.05, 3.63) is 70.8 Å². The van der Waals surface area contributed by atoms with Gasteiger partial charge in [-0.1, -0.05) is 84.2 Å². The van der Waals surface area contributed by atoms with E-state index in [1.54, 1.807) is 12.1 Å². The lowest BCUT2D eigenvalue weighted by molar-refractivity contribution is -0.193. The summed E-state index contributed by atoms with van der Waals surface area (Å²) in [7, 11) is 0. The van der Waals surface area contributed by atoms with Crippen molar-refractivity contribution in [1.29, 1.82) is 0 Å². The van der Waals surface area contributed by atoms with E-state index in [1.165, 1.54) is 11.1 Å². The van der Waals surface area contributed by atoms with E-state index in [0.29, 0.717) is 37.6 Å². The van der Waals surface area contributed by atoms with Crippen LogP contribution in [0.25, 0.3) is 0 Å². The van der Waals surface area contributed by atoms with E-state index in [-0.39, 0.29) is 69.4 Å². The second kappa shape index (κ2) is 15.1. The molecule has 6 N–H and O–H groups in total. The van der Waals surface area contributed by atoms with Crippen molar-refractivity contribution in [2.45, 2.75) is 168 Å². The Labute approximate surface area is 353 Å². The van der Waals surface area contributed by atoms with Crippen LogP contribution in [0.3, 0.4) is 0 Å². The minimum absolute atomic E-state index is 0.0214. The fourth-order valence-corrected chi connectivity index (χ4v) is 15.3. The molecular formula is C51H72N2O6. The topological polar surface area (TPSA) is 145 Å². The summed E-state index contributed by atoms with van der Waals surface area (Å²) in [5, 5.41) is 37.0. The van der Waals surface area contributed by atoms with Crippen molar-refractivity contribution < 1.29 is 29.6 Å². The number of carbonyl (C=O) groups excluding carboxylic acids is 2. The van der Waals surface area contributed by atoms with Crippen LogP contribution in [0.2, 0.25) is 0 Å². The summed E-state index contributed by atoms with van der Waals surface area (Å²) in [5.41, 5.74) is 9.40. The second-order valence-corrected chi connectivity index (χ2v) is 21.6. The first-order valence-electron chi connectivity index (χ1n) is 23.0. The fourth-order valence-electron chi connectivity index (χ4n) is 15.3. The van der Waals surface area contributed by atoms with Crippen molar-refractivity contribution in [3.8, 4) is 5.75 Å². The number of carbonyl (C=O) groups is 2. The van der Waals surface area contributed by atoms with Gasteiger partial charge in [-0.05, 0) is 147 Å². The molecule has 2 aromatic rings. The van der Waals surface area contributed by atoms with Gasteiger partial charge in [0.1, 0.15) is 17.6 Å². The van der Waals surface area contributed by atoms with Crippen LogP contribution in [0.1, 0.15) is 149 Å². The Morgan fingerprint density at radius 2 is 1.68 bits per heavy atom. The third-order valence-electron chi connectivity index (χ3n) is 17.8. The number of hydrogen-bond acceptors (Lipinski definition) is 8. The molecule has 0 unspecified atom stereocenters. The number of benzene rings is 2. The number of phenolic OH excluding ortho intramolecular Hbond substituents is 1. The molecule has 8 heteroatoms. The van der Waals surface area contributed by atoms with Gasteiger partial charge in [0, 0.05) is 41.4 Å². The molecule has 1 saturated heterocycles. The number of Topliss-reactive ketones (excluding diaryl/α,β-unsaturated/α-hetero) is 2. The molecule has 322 valence electrons. The number of epoxide rings is 1. The third kappa shape index (κ3) is 6.76. The summed E-state index contributed by atoms with van der Waals surface area (Å²) >= 11 is 0. The summed E-state index contributed by atoms with van der Waals surface area (Å²) < 4.78 is 6.55. The van der Waals surface area contributed by atoms with Crippen LogP contribution < -0.4 is 11.1 Å². The molecule has 0 spiro atoms. The average molecular weight is 809 g/mol. The maximum absolute atomic E-state index is 14.8. The lowest BCUT2D eigenvalue weighted by Gasteiger charge is -2.70. The van der Waals surface area contributed by atoms with Gasteiger partial charge in [-0.15, -0.1) is 0 Å². The van der Waals surface area contributed by atoms with E-state index in [0.717, 1.165) is 68.2 Å². The summed E-state index contributed by atoms with van der Waals surface area (Å²) in [6.45, 7) is 18.1. The highest BCUT2D eigenvalue weighted by Crippen LogP contribution is 2.75. The van der Waals surface area contributed by atoms with Gasteiger partial charge in [-0.2, -0.15) is 0 Å². The first-order valence-corrected chi connectivity index (χ1v) is 23.0. The zero-order chi connectivity index (χ0) is 42.4. The molecular weight excluding hydrogens is 737 g/mol. The number of ketones is 2. The maximum atomic E-state index is 14.8. The highest BCUT2D eigenvalue weighted by atomic mass is 16.6. The van der Waals surface area contributed by atoms with Crippen LogP contribution in [0, 0.1) is 45.3 Å². The number of nitrogen functional groups attached to an aromatic ring is 1. The highest BCUT2D eigenvalue weighted by Gasteiger charge is 2.71. The van der Waals surface area contributed by atoms with Crippen molar-refractivity contribution in [3.63, 3.8) is 0 Å². The number of aliphatic hydroxyl groups excluding tert-OH is 2. The first-order chi connectivity index (χ1) is 27.8. The van der Waals surface area contributed by atoms with Gasteiger partial charge in [-0.25, -0.2) is 0 Å². The predicted molar refractivity (Wildman–Crippen MR) is 233 cm³/mol. The molecule has 59 heavy (non-hydrogen) atoms. The molecule has 1 heterocycles. The Kier molecular flexibility index (Phi) is 10.9. The minimum Gasteiger partial charge on any atom is -0.508 e. The van der Waals surface area contributed by atoms with E-state index in [4.69, 9.17) is 10.5 Å². The fraction of sp³-hybridized carbons (Fsp3) is 0.686. The van der Waals surface area contributed by atoms with E-state index in [2.05, 4.69) is 65.9 Å². The van der Waals surface area contributed by atoms with Gasteiger partial charge in [0.25, 0.3) is 0 Å². The van der Waals surface area contributed by atoms with Crippen LogP contribution in [0.15, 0.2) is 59.7 Å². The molecule has 4 saturated carbocycles. The number of nitrogens with two attached hydrogens (primary N) is 1. The molecule has 0 bridgehead atoms. The Morgan fingerprint density at radius 1 is 0.949 bits per heavy atom. The second-order valence-electron chi connectivity index (χ2n) is 21.6. The molecule has 8 rings (SSSR count). The van der Waals surface area contributed by atoms with Crippen LogP contribution in [0.4, 0.5) is 5.69 Å². The van der Waals surface area contributed by atoms with Gasteiger partial charge in [0.05, 0.1) is 17.8 Å². The van der Waals surface area contributed by atoms with Gasteiger partial charge >= 0.3 is 0 Å². The van der Waals surface area contributed by atoms with E-state index in [9.17, 15) is 24.9 Å². The molecule has 0 aromatic heterocycles. The van der Waals surface area contributed by atoms with Gasteiger partial charge in [0.2, 0.25) is 0 Å². The van der Waals surface area contributed by atoms with Gasteiger partial charge in [0.15, 0.2) is 5.78 Å². The Bertz CT molecular complexity index is 1990. The standard InChI is InChI=1S/C51H72N2O6/c1-9-13-32(24-40(56)46-51(8,59-46)37-19-12-18-35(37)30-14-10-16-33(52)22-30)43-38-20-21-42-48(5)25-36(31-15-11-17-34(55)23-31)45(58)47(3,4)44(48)39(53-28-29(2)54)26-50(42,7)49(38,6)27-41(43)57/h10-11,14-17,22-23,29,32,35-37,39-40,42,44,46,53-56H,9,12-13,18-21,24-28,52H2,1-8H3/t29-,32+,35+,36-,37-,39-,40+,42+,44-,46+,48-,49-,50-,51+/m0/s1. The third-order valence-corrected chi connectivity index (χ3v) is 17.8. The van der Waals surface area contributed by atoms with Crippen LogP contribution in [-0.2, 0) is 14.3 Å². The quantitative estimate of drug-likeness (QED) is 0.106. The number of aliphatic hydroxyl groups is 2. The Balaban J connectivity index is 1.11. The van der Waals surface area contributed by atoms with E-state index >= 15 is 0 Å². The molecule has 0 amide bonds. The molecule has 0 radical (unpaired) electrons. The Hall–Kier alpha value is -3.04. The van der Waals surface area contributed by atoms with Crippen molar-refractivity contribution in [1.82, 2.24) is 5.32 Å². The predicted octanol–water partition coefficient (Wildman–Crippen LogP) is 9.02.